The third-order valence-electron chi connectivity index (χ3n) is 4.62. The van der Waals surface area contributed by atoms with Gasteiger partial charge in [-0.05, 0) is 48.5 Å². The Morgan fingerprint density at radius 3 is 2.58 bits per heavy atom. The summed E-state index contributed by atoms with van der Waals surface area (Å²) in [4.78, 5) is 25.2. The van der Waals surface area contributed by atoms with Crippen LogP contribution in [0.2, 0.25) is 0 Å². The van der Waals surface area contributed by atoms with Crippen molar-refractivity contribution in [2.45, 2.75) is 0 Å². The zero-order valence-electron chi connectivity index (χ0n) is 17.0. The van der Waals surface area contributed by atoms with Crippen molar-refractivity contribution >= 4 is 33.3 Å². The molecule has 33 heavy (non-hydrogen) atoms. The Labute approximate surface area is 195 Å². The molecule has 0 unspecified atom stereocenters. The third kappa shape index (κ3) is 5.32. The largest absolute Gasteiger partial charge is 0.483 e. The Morgan fingerprint density at radius 1 is 1.03 bits per heavy atom. The van der Waals surface area contributed by atoms with Crippen LogP contribution in [0.3, 0.4) is 0 Å². The van der Waals surface area contributed by atoms with Crippen LogP contribution in [0.25, 0.3) is 5.69 Å². The van der Waals surface area contributed by atoms with Crippen LogP contribution in [-0.2, 0) is 4.79 Å². The maximum Gasteiger partial charge on any atom is 0.262 e. The Kier molecular flexibility index (Phi) is 6.60. The molecule has 3 aromatic carbocycles. The number of carbonyl (C=O) groups is 2. The number of rotatable bonds is 7. The number of nitrogens with one attached hydrogen (secondary N) is 1. The molecular formula is C24H16BrF2N3O3. The highest BCUT2D eigenvalue weighted by Gasteiger charge is 2.19. The van der Waals surface area contributed by atoms with E-state index in [2.05, 4.69) is 26.3 Å². The Morgan fingerprint density at radius 2 is 1.82 bits per heavy atom. The molecule has 0 bridgehead atoms. The molecule has 0 saturated heterocycles. The molecule has 0 saturated carbocycles. The summed E-state index contributed by atoms with van der Waals surface area (Å²) in [6.07, 6.45) is 2.89. The van der Waals surface area contributed by atoms with Crippen molar-refractivity contribution in [3.05, 3.63) is 106 Å². The fourth-order valence-electron chi connectivity index (χ4n) is 3.04. The molecule has 4 rings (SSSR count). The number of anilines is 1. The second kappa shape index (κ2) is 9.74. The second-order valence-corrected chi connectivity index (χ2v) is 7.86. The van der Waals surface area contributed by atoms with Gasteiger partial charge in [0.2, 0.25) is 0 Å². The number of hydrogen-bond donors (Lipinski definition) is 1. The number of nitrogens with zero attached hydrogens (tertiary/aromatic N) is 2. The minimum Gasteiger partial charge on any atom is -0.483 e. The topological polar surface area (TPSA) is 73.2 Å². The number of amides is 1. The van der Waals surface area contributed by atoms with E-state index in [-0.39, 0.29) is 22.6 Å². The number of hydrogen-bond acceptors (Lipinski definition) is 4. The molecule has 1 amide bonds. The molecule has 166 valence electrons. The second-order valence-electron chi connectivity index (χ2n) is 6.94. The van der Waals surface area contributed by atoms with Crippen LogP contribution in [0.15, 0.2) is 83.6 Å². The van der Waals surface area contributed by atoms with Crippen molar-refractivity contribution in [1.82, 2.24) is 9.78 Å². The number of ketones is 1. The lowest BCUT2D eigenvalue weighted by Gasteiger charge is -2.11. The zero-order chi connectivity index (χ0) is 23.4. The van der Waals surface area contributed by atoms with Gasteiger partial charge in [0.15, 0.2) is 12.4 Å². The number of para-hydroxylation sites is 1. The minimum absolute atomic E-state index is 0.0142. The first-order valence-electron chi connectivity index (χ1n) is 9.73. The molecule has 0 fully saturated rings. The highest BCUT2D eigenvalue weighted by molar-refractivity contribution is 9.10. The van der Waals surface area contributed by atoms with E-state index in [4.69, 9.17) is 4.74 Å². The van der Waals surface area contributed by atoms with E-state index in [1.807, 2.05) is 30.3 Å². The molecule has 9 heteroatoms. The summed E-state index contributed by atoms with van der Waals surface area (Å²) in [5.41, 5.74) is 0.889. The van der Waals surface area contributed by atoms with Crippen LogP contribution in [0.5, 0.6) is 5.75 Å². The van der Waals surface area contributed by atoms with Gasteiger partial charge in [0.1, 0.15) is 17.4 Å². The summed E-state index contributed by atoms with van der Waals surface area (Å²) in [5.74, 6) is -2.41. The van der Waals surface area contributed by atoms with Crippen molar-refractivity contribution < 1.29 is 23.1 Å². The number of halogens is 3. The molecule has 0 aliphatic rings. The first-order chi connectivity index (χ1) is 15.9. The lowest BCUT2D eigenvalue weighted by molar-refractivity contribution is -0.118. The predicted molar refractivity (Wildman–Crippen MR) is 122 cm³/mol. The molecule has 1 heterocycles. The highest BCUT2D eigenvalue weighted by atomic mass is 79.9. The summed E-state index contributed by atoms with van der Waals surface area (Å²) >= 11 is 3.14. The Balaban J connectivity index is 1.50. The van der Waals surface area contributed by atoms with Crippen molar-refractivity contribution in [3.8, 4) is 11.4 Å². The smallest absolute Gasteiger partial charge is 0.262 e. The fraction of sp³-hybridized carbons (Fsp3) is 0.0417. The normalized spacial score (nSPS) is 10.6. The van der Waals surface area contributed by atoms with E-state index in [0.29, 0.717) is 4.47 Å². The van der Waals surface area contributed by atoms with E-state index in [1.165, 1.54) is 35.3 Å². The molecule has 0 aliphatic heterocycles. The monoisotopic (exact) mass is 511 g/mol. The van der Waals surface area contributed by atoms with Gasteiger partial charge in [-0.3, -0.25) is 9.59 Å². The summed E-state index contributed by atoms with van der Waals surface area (Å²) in [7, 11) is 0. The summed E-state index contributed by atoms with van der Waals surface area (Å²) < 4.78 is 35.3. The average molecular weight is 512 g/mol. The van der Waals surface area contributed by atoms with Gasteiger partial charge in [0, 0.05) is 10.7 Å². The van der Waals surface area contributed by atoms with Gasteiger partial charge in [0.25, 0.3) is 5.91 Å². The first-order valence-corrected chi connectivity index (χ1v) is 10.5. The molecule has 0 atom stereocenters. The third-order valence-corrected chi connectivity index (χ3v) is 5.11. The maximum atomic E-state index is 13.9. The van der Waals surface area contributed by atoms with E-state index >= 15 is 0 Å². The molecule has 6 nitrogen and oxygen atoms in total. The number of carbonyl (C=O) groups excluding carboxylic acids is 2. The lowest BCUT2D eigenvalue weighted by atomic mass is 10.1. The van der Waals surface area contributed by atoms with Gasteiger partial charge in [-0.25, -0.2) is 13.5 Å². The van der Waals surface area contributed by atoms with Crippen molar-refractivity contribution in [2.24, 2.45) is 0 Å². The summed E-state index contributed by atoms with van der Waals surface area (Å²) in [6, 6.07) is 16.8. The Bertz CT molecular complexity index is 1330. The van der Waals surface area contributed by atoms with Gasteiger partial charge in [-0.15, -0.1) is 0 Å². The van der Waals surface area contributed by atoms with E-state index in [1.54, 1.807) is 6.07 Å². The zero-order valence-corrected chi connectivity index (χ0v) is 18.6. The average Bonchev–Trinajstić information content (AvgIpc) is 3.30. The number of aromatic nitrogens is 2. The summed E-state index contributed by atoms with van der Waals surface area (Å²) in [5, 5.41) is 6.57. The molecule has 4 aromatic rings. The first kappa shape index (κ1) is 22.3. The van der Waals surface area contributed by atoms with Crippen LogP contribution >= 0.6 is 15.9 Å². The van der Waals surface area contributed by atoms with Crippen LogP contribution in [0.4, 0.5) is 14.5 Å². The van der Waals surface area contributed by atoms with Crippen molar-refractivity contribution in [3.63, 3.8) is 0 Å². The van der Waals surface area contributed by atoms with Gasteiger partial charge in [-0.2, -0.15) is 5.10 Å². The van der Waals surface area contributed by atoms with Crippen LogP contribution in [-0.4, -0.2) is 28.1 Å². The van der Waals surface area contributed by atoms with Gasteiger partial charge in [-0.1, -0.05) is 34.1 Å². The number of ether oxygens (including phenoxy) is 1. The van der Waals surface area contributed by atoms with E-state index in [0.717, 1.165) is 17.8 Å². The van der Waals surface area contributed by atoms with Gasteiger partial charge in [0.05, 0.1) is 28.7 Å². The van der Waals surface area contributed by atoms with Crippen molar-refractivity contribution in [1.29, 1.82) is 0 Å². The summed E-state index contributed by atoms with van der Waals surface area (Å²) in [6.45, 7) is -0.509. The SMILES string of the molecule is O=C(COc1ccc(F)cc1C(=O)c1cnn(-c2ccccc2)c1)Nc1ccc(Br)cc1F. The van der Waals surface area contributed by atoms with Gasteiger partial charge >= 0.3 is 0 Å². The molecule has 0 radical (unpaired) electrons. The number of benzene rings is 3. The fourth-order valence-corrected chi connectivity index (χ4v) is 3.38. The lowest BCUT2D eigenvalue weighted by Crippen LogP contribution is -2.21. The molecule has 0 spiro atoms. The molecule has 1 N–H and O–H groups in total. The minimum atomic E-state index is -0.643. The van der Waals surface area contributed by atoms with Crippen LogP contribution in [0.1, 0.15) is 15.9 Å². The standard InChI is InChI=1S/C24H16BrF2N3O3/c25-16-6-8-21(20(27)10-16)29-23(31)14-33-22-9-7-17(26)11-19(22)24(32)15-12-28-30(13-15)18-4-2-1-3-5-18/h1-13H,14H2,(H,29,31). The van der Waals surface area contributed by atoms with Crippen molar-refractivity contribution in [2.75, 3.05) is 11.9 Å². The quantitative estimate of drug-likeness (QED) is 0.348. The Hall–Kier alpha value is -3.85. The van der Waals surface area contributed by atoms with Crippen LogP contribution in [0, 0.1) is 11.6 Å². The maximum absolute atomic E-state index is 13.9. The molecular weight excluding hydrogens is 496 g/mol. The molecule has 0 aliphatic carbocycles. The predicted octanol–water partition coefficient (Wildman–Crippen LogP) is 5.16. The highest BCUT2D eigenvalue weighted by Crippen LogP contribution is 2.24. The van der Waals surface area contributed by atoms with E-state index < -0.39 is 29.9 Å². The molecule has 1 aromatic heterocycles. The van der Waals surface area contributed by atoms with Crippen LogP contribution < -0.4 is 10.1 Å². The van der Waals surface area contributed by atoms with E-state index in [9.17, 15) is 18.4 Å². The van der Waals surface area contributed by atoms with Gasteiger partial charge < -0.3 is 10.1 Å².